The molecule has 7 heteroatoms. The highest BCUT2D eigenvalue weighted by Gasteiger charge is 2.51. The van der Waals surface area contributed by atoms with Gasteiger partial charge in [-0.25, -0.2) is 0 Å². The normalized spacial score (nSPS) is 23.1. The predicted molar refractivity (Wildman–Crippen MR) is 123 cm³/mol. The Morgan fingerprint density at radius 2 is 1.88 bits per heavy atom. The number of amides is 1. The zero-order valence-corrected chi connectivity index (χ0v) is 17.7. The topological polar surface area (TPSA) is 90.3 Å². The highest BCUT2D eigenvalue weighted by molar-refractivity contribution is 6.00. The lowest BCUT2D eigenvalue weighted by Gasteiger charge is -2.51. The van der Waals surface area contributed by atoms with Gasteiger partial charge in [0, 0.05) is 48.6 Å². The number of hydrogen-bond acceptors (Lipinski definition) is 5. The minimum atomic E-state index is -0.483. The molecule has 0 saturated carbocycles. The Balaban J connectivity index is 1.28. The SMILES string of the molecule is N=C1N[C@]2(CC(=O)N1C1CCOCC1)Cc1c(Nc3cccc4ncccc34)cccc12. The van der Waals surface area contributed by atoms with Gasteiger partial charge in [-0.2, -0.15) is 0 Å². The number of pyridine rings is 1. The number of carbonyl (C=O) groups is 1. The Hall–Kier alpha value is -3.45. The van der Waals surface area contributed by atoms with E-state index in [0.29, 0.717) is 26.1 Å². The highest BCUT2D eigenvalue weighted by atomic mass is 16.5. The third-order valence-electron chi connectivity index (χ3n) is 6.96. The Bertz CT molecular complexity index is 1210. The number of aromatic nitrogens is 1. The summed E-state index contributed by atoms with van der Waals surface area (Å²) in [6.45, 7) is 1.29. The van der Waals surface area contributed by atoms with Crippen LogP contribution in [0.4, 0.5) is 11.4 Å². The maximum absolute atomic E-state index is 13.1. The molecule has 2 fully saturated rings. The summed E-state index contributed by atoms with van der Waals surface area (Å²) in [5.74, 6) is 0.252. The summed E-state index contributed by atoms with van der Waals surface area (Å²) in [7, 11) is 0. The van der Waals surface area contributed by atoms with Crippen LogP contribution in [0.15, 0.2) is 54.7 Å². The molecule has 32 heavy (non-hydrogen) atoms. The first kappa shape index (κ1) is 19.3. The molecule has 0 bridgehead atoms. The van der Waals surface area contributed by atoms with Crippen molar-refractivity contribution >= 4 is 34.1 Å². The number of nitrogens with one attached hydrogen (secondary N) is 3. The summed E-state index contributed by atoms with van der Waals surface area (Å²) in [5, 5.41) is 16.6. The fraction of sp³-hybridized carbons (Fsp3) is 0.320. The van der Waals surface area contributed by atoms with Crippen molar-refractivity contribution in [1.29, 1.82) is 5.41 Å². The molecule has 2 aliphatic heterocycles. The van der Waals surface area contributed by atoms with Gasteiger partial charge in [-0.05, 0) is 54.3 Å². The molecule has 1 aromatic heterocycles. The van der Waals surface area contributed by atoms with Crippen molar-refractivity contribution in [3.63, 3.8) is 0 Å². The maximum Gasteiger partial charge on any atom is 0.232 e. The van der Waals surface area contributed by atoms with E-state index in [0.717, 1.165) is 40.7 Å². The van der Waals surface area contributed by atoms with Crippen molar-refractivity contribution in [3.8, 4) is 0 Å². The van der Waals surface area contributed by atoms with Gasteiger partial charge < -0.3 is 15.4 Å². The number of hydrogen-bond donors (Lipinski definition) is 3. The van der Waals surface area contributed by atoms with Crippen LogP contribution in [0.5, 0.6) is 0 Å². The molecule has 1 atom stereocenters. The summed E-state index contributed by atoms with van der Waals surface area (Å²) >= 11 is 0. The number of ether oxygens (including phenoxy) is 1. The van der Waals surface area contributed by atoms with Crippen LogP contribution < -0.4 is 10.6 Å². The molecule has 162 valence electrons. The molecule has 2 saturated heterocycles. The van der Waals surface area contributed by atoms with E-state index in [1.54, 1.807) is 11.1 Å². The van der Waals surface area contributed by atoms with Crippen LogP contribution in [0.1, 0.15) is 30.4 Å². The average Bonchev–Trinajstić information content (AvgIpc) is 2.80. The summed E-state index contributed by atoms with van der Waals surface area (Å²) in [5.41, 5.74) is 4.81. The number of anilines is 2. The third kappa shape index (κ3) is 2.96. The van der Waals surface area contributed by atoms with Gasteiger partial charge in [0.2, 0.25) is 5.91 Å². The lowest BCUT2D eigenvalue weighted by Crippen LogP contribution is -2.66. The quantitative estimate of drug-likeness (QED) is 0.593. The zero-order chi connectivity index (χ0) is 21.7. The number of fused-ring (bicyclic) bond motifs is 3. The summed E-state index contributed by atoms with van der Waals surface area (Å²) in [4.78, 5) is 19.2. The molecule has 7 nitrogen and oxygen atoms in total. The van der Waals surface area contributed by atoms with Crippen molar-refractivity contribution in [1.82, 2.24) is 15.2 Å². The third-order valence-corrected chi connectivity index (χ3v) is 6.96. The predicted octanol–water partition coefficient (Wildman–Crippen LogP) is 3.67. The number of benzene rings is 2. The minimum Gasteiger partial charge on any atom is -0.381 e. The zero-order valence-electron chi connectivity index (χ0n) is 17.7. The van der Waals surface area contributed by atoms with Crippen molar-refractivity contribution < 1.29 is 9.53 Å². The van der Waals surface area contributed by atoms with Gasteiger partial charge in [-0.1, -0.05) is 18.2 Å². The molecule has 1 aliphatic carbocycles. The molecule has 3 aromatic rings. The van der Waals surface area contributed by atoms with Gasteiger partial charge in [0.1, 0.15) is 0 Å². The molecule has 2 aromatic carbocycles. The minimum absolute atomic E-state index is 0.0322. The molecular weight excluding hydrogens is 402 g/mol. The van der Waals surface area contributed by atoms with Gasteiger partial charge in [0.15, 0.2) is 5.96 Å². The van der Waals surface area contributed by atoms with Gasteiger partial charge in [0.25, 0.3) is 0 Å². The fourth-order valence-corrected chi connectivity index (χ4v) is 5.39. The molecule has 3 N–H and O–H groups in total. The number of guanidine groups is 1. The second-order valence-electron chi connectivity index (χ2n) is 8.85. The summed E-state index contributed by atoms with van der Waals surface area (Å²) in [6, 6.07) is 16.3. The Labute approximate surface area is 186 Å². The van der Waals surface area contributed by atoms with Crippen molar-refractivity contribution in [3.05, 3.63) is 65.9 Å². The van der Waals surface area contributed by atoms with E-state index < -0.39 is 5.54 Å². The molecule has 0 unspecified atom stereocenters. The summed E-state index contributed by atoms with van der Waals surface area (Å²) in [6.07, 6.45) is 4.46. The monoisotopic (exact) mass is 427 g/mol. The van der Waals surface area contributed by atoms with E-state index in [4.69, 9.17) is 10.1 Å². The van der Waals surface area contributed by atoms with E-state index in [1.165, 1.54) is 5.56 Å². The molecule has 6 rings (SSSR count). The van der Waals surface area contributed by atoms with Crippen LogP contribution in [-0.4, -0.2) is 41.0 Å². The molecule has 3 heterocycles. The lowest BCUT2D eigenvalue weighted by atomic mass is 9.67. The first-order valence-electron chi connectivity index (χ1n) is 11.1. The van der Waals surface area contributed by atoms with Crippen LogP contribution in [0.2, 0.25) is 0 Å². The smallest absolute Gasteiger partial charge is 0.232 e. The van der Waals surface area contributed by atoms with Crippen LogP contribution in [0.3, 0.4) is 0 Å². The van der Waals surface area contributed by atoms with Crippen LogP contribution in [-0.2, 0) is 21.5 Å². The first-order valence-corrected chi connectivity index (χ1v) is 11.1. The number of carbonyl (C=O) groups excluding carboxylic acids is 1. The van der Waals surface area contributed by atoms with Crippen LogP contribution >= 0.6 is 0 Å². The molecule has 0 radical (unpaired) electrons. The van der Waals surface area contributed by atoms with Gasteiger partial charge >= 0.3 is 0 Å². The van der Waals surface area contributed by atoms with Gasteiger partial charge in [0.05, 0.1) is 17.5 Å². The van der Waals surface area contributed by atoms with E-state index in [-0.39, 0.29) is 17.9 Å². The standard InChI is InChI=1S/C25H25N5O2/c26-24-29-25(15-23(31)30(24)16-9-12-32-13-10-16)14-18-19(25)5-1-7-22(18)28-21-8-2-6-20-17(21)4-3-11-27-20/h1-8,11,16,28H,9-10,12-15H2,(H2,26,29)/t25-/m0/s1. The molecule has 1 spiro atoms. The Morgan fingerprint density at radius 1 is 1.06 bits per heavy atom. The van der Waals surface area contributed by atoms with E-state index in [1.807, 2.05) is 24.3 Å². The highest BCUT2D eigenvalue weighted by Crippen LogP contribution is 2.48. The molecular formula is C25H25N5O2. The van der Waals surface area contributed by atoms with E-state index in [2.05, 4.69) is 39.9 Å². The first-order chi connectivity index (χ1) is 15.6. The lowest BCUT2D eigenvalue weighted by molar-refractivity contribution is -0.134. The van der Waals surface area contributed by atoms with Crippen LogP contribution in [0, 0.1) is 5.41 Å². The van der Waals surface area contributed by atoms with Gasteiger partial charge in [-0.15, -0.1) is 0 Å². The largest absolute Gasteiger partial charge is 0.381 e. The van der Waals surface area contributed by atoms with Crippen molar-refractivity contribution in [2.24, 2.45) is 0 Å². The van der Waals surface area contributed by atoms with Crippen molar-refractivity contribution in [2.75, 3.05) is 18.5 Å². The number of rotatable bonds is 3. The van der Waals surface area contributed by atoms with E-state index >= 15 is 0 Å². The average molecular weight is 428 g/mol. The second kappa shape index (κ2) is 7.31. The van der Waals surface area contributed by atoms with E-state index in [9.17, 15) is 4.79 Å². The Kier molecular flexibility index (Phi) is 4.40. The fourth-order valence-electron chi connectivity index (χ4n) is 5.39. The van der Waals surface area contributed by atoms with Crippen LogP contribution in [0.25, 0.3) is 10.9 Å². The van der Waals surface area contributed by atoms with Gasteiger partial charge in [-0.3, -0.25) is 20.1 Å². The molecule has 3 aliphatic rings. The second-order valence-corrected chi connectivity index (χ2v) is 8.85. The number of nitrogens with zero attached hydrogens (tertiary/aromatic N) is 2. The Morgan fingerprint density at radius 3 is 2.72 bits per heavy atom. The molecule has 1 amide bonds. The van der Waals surface area contributed by atoms with Crippen molar-refractivity contribution in [2.45, 2.75) is 37.3 Å². The summed E-state index contributed by atoms with van der Waals surface area (Å²) < 4.78 is 5.43. The maximum atomic E-state index is 13.1.